The third-order valence-corrected chi connectivity index (χ3v) is 7.02. The number of benzene rings is 1. The second kappa shape index (κ2) is 11.1. The van der Waals surface area contributed by atoms with Gasteiger partial charge >= 0.3 is 5.97 Å². The molecule has 4 rings (SSSR count). The molecule has 0 aliphatic heterocycles. The van der Waals surface area contributed by atoms with E-state index in [9.17, 15) is 25.0 Å². The number of thiophene rings is 1. The number of amides is 1. The van der Waals surface area contributed by atoms with Gasteiger partial charge in [-0.2, -0.15) is 5.26 Å². The van der Waals surface area contributed by atoms with Crippen LogP contribution in [-0.2, 0) is 22.4 Å². The van der Waals surface area contributed by atoms with E-state index in [-0.39, 0.29) is 29.4 Å². The van der Waals surface area contributed by atoms with Crippen molar-refractivity contribution in [1.82, 2.24) is 0 Å². The number of furan rings is 1. The Balaban J connectivity index is 1.62. The van der Waals surface area contributed by atoms with Crippen molar-refractivity contribution >= 4 is 40.0 Å². The van der Waals surface area contributed by atoms with Crippen LogP contribution in [-0.4, -0.2) is 30.5 Å². The quantitative estimate of drug-likeness (QED) is 0.134. The number of anilines is 1. The molecule has 190 valence electrons. The van der Waals surface area contributed by atoms with E-state index in [0.717, 1.165) is 36.1 Å². The predicted molar refractivity (Wildman–Crippen MR) is 136 cm³/mol. The summed E-state index contributed by atoms with van der Waals surface area (Å²) >= 11 is 1.33. The SMILES string of the molecule is CCOC(=O)c1c(NC(=O)C(C#N)=Cc2ccc(-c3cc([N+](=O)[O-])ccc3OC)o2)sc2c1CCCC2. The highest BCUT2D eigenvalue weighted by molar-refractivity contribution is 7.17. The minimum absolute atomic E-state index is 0.141. The first-order chi connectivity index (χ1) is 17.9. The fraction of sp³-hybridized carbons (Fsp3) is 0.269. The summed E-state index contributed by atoms with van der Waals surface area (Å²) in [6.07, 6.45) is 4.76. The van der Waals surface area contributed by atoms with E-state index in [1.807, 2.05) is 6.07 Å². The van der Waals surface area contributed by atoms with Gasteiger partial charge in [-0.25, -0.2) is 4.79 Å². The molecule has 1 aliphatic carbocycles. The predicted octanol–water partition coefficient (Wildman–Crippen LogP) is 5.53. The highest BCUT2D eigenvalue weighted by atomic mass is 32.1. The summed E-state index contributed by atoms with van der Waals surface area (Å²) < 4.78 is 16.3. The van der Waals surface area contributed by atoms with Crippen molar-refractivity contribution in [3.8, 4) is 23.1 Å². The molecule has 3 aromatic rings. The van der Waals surface area contributed by atoms with Crippen LogP contribution in [0.3, 0.4) is 0 Å². The van der Waals surface area contributed by atoms with E-state index in [1.165, 1.54) is 48.8 Å². The highest BCUT2D eigenvalue weighted by Gasteiger charge is 2.28. The van der Waals surface area contributed by atoms with Gasteiger partial charge in [0.1, 0.15) is 33.9 Å². The van der Waals surface area contributed by atoms with Gasteiger partial charge in [0.15, 0.2) is 0 Å². The van der Waals surface area contributed by atoms with Crippen molar-refractivity contribution in [2.45, 2.75) is 32.6 Å². The number of nitrogens with one attached hydrogen (secondary N) is 1. The third-order valence-electron chi connectivity index (χ3n) is 5.82. The number of fused-ring (bicyclic) bond motifs is 1. The Bertz CT molecular complexity index is 1440. The number of carbonyl (C=O) groups is 2. The summed E-state index contributed by atoms with van der Waals surface area (Å²) in [6, 6.07) is 9.06. The van der Waals surface area contributed by atoms with Crippen LogP contribution in [0.4, 0.5) is 10.7 Å². The largest absolute Gasteiger partial charge is 0.496 e. The molecule has 11 heteroatoms. The number of nitro benzene ring substituents is 1. The van der Waals surface area contributed by atoms with Crippen molar-refractivity contribution in [3.05, 3.63) is 67.8 Å². The lowest BCUT2D eigenvalue weighted by molar-refractivity contribution is -0.384. The number of nitro groups is 1. The standard InChI is InChI=1S/C26H23N3O7S/c1-3-35-26(31)23-18-6-4-5-7-22(18)37-25(23)28-24(30)15(14-27)12-17-9-11-21(36-17)19-13-16(29(32)33)8-10-20(19)34-2/h8-13H,3-7H2,1-2H3,(H,28,30). The Morgan fingerprint density at radius 1 is 1.27 bits per heavy atom. The van der Waals surface area contributed by atoms with Crippen LogP contribution >= 0.6 is 11.3 Å². The Labute approximate surface area is 216 Å². The lowest BCUT2D eigenvalue weighted by Crippen LogP contribution is -2.16. The molecule has 10 nitrogen and oxygen atoms in total. The molecule has 2 aromatic heterocycles. The van der Waals surface area contributed by atoms with E-state index >= 15 is 0 Å². The average molecular weight is 522 g/mol. The van der Waals surface area contributed by atoms with Crippen molar-refractivity contribution in [3.63, 3.8) is 0 Å². The molecule has 37 heavy (non-hydrogen) atoms. The van der Waals surface area contributed by atoms with Crippen molar-refractivity contribution in [1.29, 1.82) is 5.26 Å². The first-order valence-electron chi connectivity index (χ1n) is 11.5. The number of nitrogens with zero attached hydrogens (tertiary/aromatic N) is 2. The summed E-state index contributed by atoms with van der Waals surface area (Å²) in [5.74, 6) is -0.382. The molecule has 1 N–H and O–H groups in total. The number of ether oxygens (including phenoxy) is 2. The Morgan fingerprint density at radius 2 is 2.05 bits per heavy atom. The van der Waals surface area contributed by atoms with Crippen LogP contribution in [0.1, 0.15) is 46.3 Å². The summed E-state index contributed by atoms with van der Waals surface area (Å²) in [5, 5.41) is 23.9. The number of non-ortho nitro benzene ring substituents is 1. The average Bonchev–Trinajstić information content (AvgIpc) is 3.51. The van der Waals surface area contributed by atoms with Crippen LogP contribution in [0, 0.1) is 21.4 Å². The number of aryl methyl sites for hydroxylation is 1. The highest BCUT2D eigenvalue weighted by Crippen LogP contribution is 2.39. The maximum atomic E-state index is 13.0. The summed E-state index contributed by atoms with van der Waals surface area (Å²) in [6.45, 7) is 1.92. The van der Waals surface area contributed by atoms with Gasteiger partial charge in [0.05, 0.1) is 29.8 Å². The Morgan fingerprint density at radius 3 is 2.76 bits per heavy atom. The number of rotatable bonds is 8. The van der Waals surface area contributed by atoms with Gasteiger partial charge in [0, 0.05) is 23.1 Å². The van der Waals surface area contributed by atoms with Crippen LogP contribution in [0.15, 0.2) is 40.3 Å². The molecular weight excluding hydrogens is 498 g/mol. The number of carbonyl (C=O) groups excluding carboxylic acids is 2. The van der Waals surface area contributed by atoms with Crippen LogP contribution in [0.25, 0.3) is 17.4 Å². The number of esters is 1. The van der Waals surface area contributed by atoms with E-state index in [1.54, 1.807) is 13.0 Å². The zero-order valence-electron chi connectivity index (χ0n) is 20.2. The monoisotopic (exact) mass is 521 g/mol. The topological polar surface area (TPSA) is 145 Å². The molecule has 1 aliphatic rings. The van der Waals surface area contributed by atoms with E-state index in [2.05, 4.69) is 5.32 Å². The normalized spacial score (nSPS) is 12.8. The molecule has 0 saturated heterocycles. The fourth-order valence-corrected chi connectivity index (χ4v) is 5.38. The van der Waals surface area contributed by atoms with Gasteiger partial charge in [-0.15, -0.1) is 11.3 Å². The molecule has 0 spiro atoms. The molecule has 1 aromatic carbocycles. The molecule has 2 heterocycles. The first-order valence-corrected chi connectivity index (χ1v) is 12.3. The molecule has 0 atom stereocenters. The van der Waals surface area contributed by atoms with E-state index < -0.39 is 16.8 Å². The molecule has 0 bridgehead atoms. The second-order valence-electron chi connectivity index (χ2n) is 8.10. The lowest BCUT2D eigenvalue weighted by atomic mass is 9.95. The van der Waals surface area contributed by atoms with Crippen molar-refractivity contribution < 1.29 is 28.4 Å². The lowest BCUT2D eigenvalue weighted by Gasteiger charge is -2.12. The van der Waals surface area contributed by atoms with Crippen molar-refractivity contribution in [2.75, 3.05) is 19.0 Å². The Kier molecular flexibility index (Phi) is 7.69. The van der Waals surface area contributed by atoms with Crippen LogP contribution in [0.2, 0.25) is 0 Å². The number of hydrogen-bond acceptors (Lipinski definition) is 9. The minimum atomic E-state index is -0.697. The van der Waals surface area contributed by atoms with Gasteiger partial charge < -0.3 is 19.2 Å². The van der Waals surface area contributed by atoms with Crippen molar-refractivity contribution in [2.24, 2.45) is 0 Å². The molecular formula is C26H23N3O7S. The molecule has 0 radical (unpaired) electrons. The third kappa shape index (κ3) is 5.39. The van der Waals surface area contributed by atoms with Gasteiger partial charge in [-0.1, -0.05) is 0 Å². The summed E-state index contributed by atoms with van der Waals surface area (Å²) in [5.41, 5.74) is 1.22. The maximum absolute atomic E-state index is 13.0. The molecule has 0 saturated carbocycles. The van der Waals surface area contributed by atoms with Gasteiger partial charge in [-0.05, 0) is 56.4 Å². The Hall–Kier alpha value is -4.43. The summed E-state index contributed by atoms with van der Waals surface area (Å²) in [7, 11) is 1.43. The molecule has 1 amide bonds. The van der Waals surface area contributed by atoms with E-state index in [0.29, 0.717) is 21.9 Å². The number of hydrogen-bond donors (Lipinski definition) is 1. The smallest absolute Gasteiger partial charge is 0.341 e. The summed E-state index contributed by atoms with van der Waals surface area (Å²) in [4.78, 5) is 37.3. The molecule has 0 unspecified atom stereocenters. The maximum Gasteiger partial charge on any atom is 0.341 e. The van der Waals surface area contributed by atoms with Gasteiger partial charge in [0.25, 0.3) is 11.6 Å². The number of methoxy groups -OCH3 is 1. The van der Waals surface area contributed by atoms with Gasteiger partial charge in [-0.3, -0.25) is 14.9 Å². The van der Waals surface area contributed by atoms with Gasteiger partial charge in [0.2, 0.25) is 0 Å². The molecule has 0 fully saturated rings. The number of nitriles is 1. The van der Waals surface area contributed by atoms with Crippen LogP contribution in [0.5, 0.6) is 5.75 Å². The second-order valence-corrected chi connectivity index (χ2v) is 9.21. The zero-order chi connectivity index (χ0) is 26.5. The minimum Gasteiger partial charge on any atom is -0.496 e. The zero-order valence-corrected chi connectivity index (χ0v) is 21.0. The first kappa shape index (κ1) is 25.7. The fourth-order valence-electron chi connectivity index (χ4n) is 4.11. The van der Waals surface area contributed by atoms with Crippen LogP contribution < -0.4 is 10.1 Å². The van der Waals surface area contributed by atoms with E-state index in [4.69, 9.17) is 13.9 Å².